The van der Waals surface area contributed by atoms with Crippen LogP contribution in [0.3, 0.4) is 0 Å². The largest absolute Gasteiger partial charge is 0.497 e. The molecule has 1 saturated heterocycles. The van der Waals surface area contributed by atoms with E-state index in [1.54, 1.807) is 7.11 Å². The van der Waals surface area contributed by atoms with Gasteiger partial charge in [0.15, 0.2) is 0 Å². The maximum atomic E-state index is 12.8. The SMILES string of the molecule is COc1ccc(-c2noc([C@@H]3CCCN3C(=O)C3CCCC3)n2)cc1. The summed E-state index contributed by atoms with van der Waals surface area (Å²) in [5.41, 5.74) is 0.877. The van der Waals surface area contributed by atoms with Gasteiger partial charge >= 0.3 is 0 Å². The van der Waals surface area contributed by atoms with E-state index in [0.29, 0.717) is 11.7 Å². The Morgan fingerprint density at radius 1 is 1.16 bits per heavy atom. The van der Waals surface area contributed by atoms with Crippen molar-refractivity contribution in [1.82, 2.24) is 15.0 Å². The van der Waals surface area contributed by atoms with Gasteiger partial charge in [-0.2, -0.15) is 4.98 Å². The number of methoxy groups -OCH3 is 1. The second-order valence-electron chi connectivity index (χ2n) is 6.86. The molecule has 1 saturated carbocycles. The first-order chi connectivity index (χ1) is 12.3. The lowest BCUT2D eigenvalue weighted by molar-refractivity contribution is -0.136. The summed E-state index contributed by atoms with van der Waals surface area (Å²) in [4.78, 5) is 19.3. The Morgan fingerprint density at radius 3 is 2.64 bits per heavy atom. The second kappa shape index (κ2) is 6.86. The second-order valence-corrected chi connectivity index (χ2v) is 6.86. The number of carbonyl (C=O) groups excluding carboxylic acids is 1. The lowest BCUT2D eigenvalue weighted by Gasteiger charge is -2.24. The smallest absolute Gasteiger partial charge is 0.249 e. The Morgan fingerprint density at radius 2 is 1.92 bits per heavy atom. The molecule has 2 aromatic rings. The zero-order valence-electron chi connectivity index (χ0n) is 14.5. The summed E-state index contributed by atoms with van der Waals surface area (Å²) in [6.45, 7) is 0.792. The third kappa shape index (κ3) is 3.13. The minimum atomic E-state index is -0.0763. The number of ether oxygens (including phenoxy) is 1. The molecule has 0 spiro atoms. The van der Waals surface area contributed by atoms with Crippen molar-refractivity contribution in [2.45, 2.75) is 44.6 Å². The van der Waals surface area contributed by atoms with Crippen molar-refractivity contribution in [3.8, 4) is 17.1 Å². The van der Waals surface area contributed by atoms with Crippen LogP contribution in [0.25, 0.3) is 11.4 Å². The van der Waals surface area contributed by atoms with Crippen LogP contribution >= 0.6 is 0 Å². The Labute approximate surface area is 147 Å². The minimum Gasteiger partial charge on any atom is -0.497 e. The average Bonchev–Trinajstić information content (AvgIpc) is 3.42. The molecule has 0 N–H and O–H groups in total. The quantitative estimate of drug-likeness (QED) is 0.850. The van der Waals surface area contributed by atoms with Crippen molar-refractivity contribution >= 4 is 5.91 Å². The summed E-state index contributed by atoms with van der Waals surface area (Å²) in [6, 6.07) is 7.48. The molecule has 6 heteroatoms. The lowest BCUT2D eigenvalue weighted by atomic mass is 10.1. The van der Waals surface area contributed by atoms with Gasteiger partial charge in [0.05, 0.1) is 7.11 Å². The van der Waals surface area contributed by atoms with Gasteiger partial charge in [-0.15, -0.1) is 0 Å². The van der Waals surface area contributed by atoms with Crippen LogP contribution in [0.2, 0.25) is 0 Å². The highest BCUT2D eigenvalue weighted by Crippen LogP contribution is 2.36. The van der Waals surface area contributed by atoms with Gasteiger partial charge in [-0.3, -0.25) is 4.79 Å². The summed E-state index contributed by atoms with van der Waals surface area (Å²) < 4.78 is 10.7. The molecule has 2 fully saturated rings. The minimum absolute atomic E-state index is 0.0763. The highest BCUT2D eigenvalue weighted by Gasteiger charge is 2.37. The first-order valence-electron chi connectivity index (χ1n) is 9.05. The van der Waals surface area contributed by atoms with E-state index in [1.165, 1.54) is 0 Å². The lowest BCUT2D eigenvalue weighted by Crippen LogP contribution is -2.35. The number of hydrogen-bond acceptors (Lipinski definition) is 5. The fraction of sp³-hybridized carbons (Fsp3) is 0.526. The summed E-state index contributed by atoms with van der Waals surface area (Å²) in [6.07, 6.45) is 6.24. The predicted octanol–water partition coefficient (Wildman–Crippen LogP) is 3.60. The van der Waals surface area contributed by atoms with Gasteiger partial charge in [0.25, 0.3) is 0 Å². The van der Waals surface area contributed by atoms with Crippen molar-refractivity contribution < 1.29 is 14.1 Å². The number of hydrogen-bond donors (Lipinski definition) is 0. The molecule has 1 aliphatic heterocycles. The number of likely N-dealkylation sites (tertiary alicyclic amines) is 1. The van der Waals surface area contributed by atoms with Crippen LogP contribution < -0.4 is 4.74 Å². The van der Waals surface area contributed by atoms with Gasteiger partial charge in [0.1, 0.15) is 11.8 Å². The third-order valence-electron chi connectivity index (χ3n) is 5.32. The molecule has 25 heavy (non-hydrogen) atoms. The number of nitrogens with zero attached hydrogens (tertiary/aromatic N) is 3. The molecule has 1 amide bonds. The predicted molar refractivity (Wildman–Crippen MR) is 91.9 cm³/mol. The van der Waals surface area contributed by atoms with Crippen molar-refractivity contribution in [3.63, 3.8) is 0 Å². The highest BCUT2D eigenvalue weighted by molar-refractivity contribution is 5.79. The fourth-order valence-electron chi connectivity index (χ4n) is 3.92. The summed E-state index contributed by atoms with van der Waals surface area (Å²) in [5.74, 6) is 2.35. The molecule has 1 aromatic heterocycles. The van der Waals surface area contributed by atoms with Crippen molar-refractivity contribution in [1.29, 1.82) is 0 Å². The van der Waals surface area contributed by atoms with Crippen molar-refractivity contribution in [3.05, 3.63) is 30.2 Å². The van der Waals surface area contributed by atoms with E-state index in [-0.39, 0.29) is 17.9 Å². The zero-order chi connectivity index (χ0) is 17.2. The van der Waals surface area contributed by atoms with E-state index in [9.17, 15) is 4.79 Å². The molecule has 1 aromatic carbocycles. The topological polar surface area (TPSA) is 68.5 Å². The van der Waals surface area contributed by atoms with Crippen LogP contribution in [-0.2, 0) is 4.79 Å². The van der Waals surface area contributed by atoms with Crippen LogP contribution in [0.15, 0.2) is 28.8 Å². The number of amides is 1. The first-order valence-corrected chi connectivity index (χ1v) is 9.05. The molecular formula is C19H23N3O3. The number of benzene rings is 1. The van der Waals surface area contributed by atoms with Gasteiger partial charge < -0.3 is 14.2 Å². The zero-order valence-corrected chi connectivity index (χ0v) is 14.5. The maximum absolute atomic E-state index is 12.8. The first kappa shape index (κ1) is 16.1. The molecule has 1 aliphatic carbocycles. The monoisotopic (exact) mass is 341 g/mol. The standard InChI is InChI=1S/C19H23N3O3/c1-24-15-10-8-13(9-11-15)17-20-18(25-21-17)16-7-4-12-22(16)19(23)14-5-2-3-6-14/h8-11,14,16H,2-7,12H2,1H3/t16-/m0/s1. The van der Waals surface area contributed by atoms with Gasteiger partial charge in [-0.1, -0.05) is 18.0 Å². The molecule has 6 nitrogen and oxygen atoms in total. The van der Waals surface area contributed by atoms with Gasteiger partial charge in [-0.25, -0.2) is 0 Å². The van der Waals surface area contributed by atoms with Crippen molar-refractivity contribution in [2.75, 3.05) is 13.7 Å². The Hall–Kier alpha value is -2.37. The fourth-order valence-corrected chi connectivity index (χ4v) is 3.92. The molecule has 2 heterocycles. The third-order valence-corrected chi connectivity index (χ3v) is 5.32. The molecular weight excluding hydrogens is 318 g/mol. The molecule has 2 aliphatic rings. The number of rotatable bonds is 4. The molecule has 1 atom stereocenters. The van der Waals surface area contributed by atoms with E-state index in [0.717, 1.165) is 56.4 Å². The normalized spacial score (nSPS) is 21.0. The van der Waals surface area contributed by atoms with Crippen LogP contribution in [0.5, 0.6) is 5.75 Å². The highest BCUT2D eigenvalue weighted by atomic mass is 16.5. The Balaban J connectivity index is 1.52. The van der Waals surface area contributed by atoms with Gasteiger partial charge in [-0.05, 0) is 49.9 Å². The van der Waals surface area contributed by atoms with E-state index >= 15 is 0 Å². The van der Waals surface area contributed by atoms with Gasteiger partial charge in [0, 0.05) is 18.0 Å². The molecule has 0 unspecified atom stereocenters. The van der Waals surface area contributed by atoms with Crippen LogP contribution in [0.1, 0.15) is 50.5 Å². The van der Waals surface area contributed by atoms with E-state index in [4.69, 9.17) is 9.26 Å². The van der Waals surface area contributed by atoms with Crippen LogP contribution in [0.4, 0.5) is 0 Å². The summed E-state index contributed by atoms with van der Waals surface area (Å²) >= 11 is 0. The molecule has 132 valence electrons. The average molecular weight is 341 g/mol. The summed E-state index contributed by atoms with van der Waals surface area (Å²) in [7, 11) is 1.64. The maximum Gasteiger partial charge on any atom is 0.249 e. The summed E-state index contributed by atoms with van der Waals surface area (Å²) in [5, 5.41) is 4.11. The molecule has 4 rings (SSSR count). The number of aromatic nitrogens is 2. The van der Waals surface area contributed by atoms with Crippen LogP contribution in [-0.4, -0.2) is 34.6 Å². The van der Waals surface area contributed by atoms with E-state index in [2.05, 4.69) is 10.1 Å². The van der Waals surface area contributed by atoms with E-state index in [1.807, 2.05) is 29.2 Å². The Kier molecular flexibility index (Phi) is 4.42. The number of carbonyl (C=O) groups is 1. The Bertz CT molecular complexity index is 735. The van der Waals surface area contributed by atoms with Gasteiger partial charge in [0.2, 0.25) is 17.6 Å². The molecule has 0 radical (unpaired) electrons. The molecule has 0 bridgehead atoms. The van der Waals surface area contributed by atoms with E-state index < -0.39 is 0 Å². The van der Waals surface area contributed by atoms with Crippen molar-refractivity contribution in [2.24, 2.45) is 5.92 Å². The van der Waals surface area contributed by atoms with Crippen LogP contribution in [0, 0.1) is 5.92 Å².